The number of aliphatic hydroxyl groups is 1. The Morgan fingerprint density at radius 2 is 2.11 bits per heavy atom. The minimum atomic E-state index is -0.504. The number of hydrogen-bond donors (Lipinski definition) is 2. The van der Waals surface area contributed by atoms with Crippen molar-refractivity contribution in [1.82, 2.24) is 5.32 Å². The monoisotopic (exact) mass is 331 g/mol. The fourth-order valence-electron chi connectivity index (χ4n) is 1.37. The molecule has 18 heavy (non-hydrogen) atoms. The number of nitrogens with one attached hydrogen (secondary N) is 1. The van der Waals surface area contributed by atoms with Gasteiger partial charge in [0, 0.05) is 15.9 Å². The maximum absolute atomic E-state index is 11.5. The molecule has 1 amide bonds. The highest BCUT2D eigenvalue weighted by Gasteiger charge is 2.07. The van der Waals surface area contributed by atoms with E-state index in [2.05, 4.69) is 33.4 Å². The molecule has 100 valence electrons. The summed E-state index contributed by atoms with van der Waals surface area (Å²) in [5, 5.41) is 11.7. The second kappa shape index (κ2) is 7.16. The molecule has 5 heteroatoms. The smallest absolute Gasteiger partial charge is 0.230 e. The molecule has 0 heterocycles. The van der Waals surface area contributed by atoms with Gasteiger partial charge in [-0.2, -0.15) is 0 Å². The molecular formula is C13H18BrNO2S. The van der Waals surface area contributed by atoms with E-state index in [0.29, 0.717) is 12.3 Å². The molecule has 0 saturated heterocycles. The van der Waals surface area contributed by atoms with E-state index in [1.54, 1.807) is 6.92 Å². The van der Waals surface area contributed by atoms with Crippen LogP contribution in [0.5, 0.6) is 0 Å². The van der Waals surface area contributed by atoms with Crippen molar-refractivity contribution in [3.05, 3.63) is 27.7 Å². The molecule has 1 aromatic carbocycles. The zero-order chi connectivity index (χ0) is 13.7. The third kappa shape index (κ3) is 5.00. The second-order valence-corrected chi connectivity index (χ2v) is 6.18. The zero-order valence-corrected chi connectivity index (χ0v) is 13.2. The SMILES string of the molecule is Cc1cc(SCC(=O)NC[C@H](C)O)c(C)cc1Br. The number of benzene rings is 1. The molecule has 0 fully saturated rings. The second-order valence-electron chi connectivity index (χ2n) is 4.31. The molecule has 0 aliphatic rings. The molecule has 0 aliphatic heterocycles. The van der Waals surface area contributed by atoms with E-state index >= 15 is 0 Å². The summed E-state index contributed by atoms with van der Waals surface area (Å²) in [6.45, 7) is 6.01. The Kier molecular flexibility index (Phi) is 6.18. The molecule has 0 spiro atoms. The average Bonchev–Trinajstić information content (AvgIpc) is 2.29. The van der Waals surface area contributed by atoms with Crippen molar-refractivity contribution in [2.45, 2.75) is 31.8 Å². The van der Waals surface area contributed by atoms with Gasteiger partial charge in [-0.25, -0.2) is 0 Å². The Hall–Kier alpha value is -0.520. The van der Waals surface area contributed by atoms with Gasteiger partial charge in [-0.05, 0) is 44.0 Å². The van der Waals surface area contributed by atoms with Crippen LogP contribution in [0.15, 0.2) is 21.5 Å². The molecule has 0 radical (unpaired) electrons. The van der Waals surface area contributed by atoms with Crippen LogP contribution in [-0.4, -0.2) is 29.4 Å². The number of rotatable bonds is 5. The Morgan fingerprint density at radius 3 is 2.72 bits per heavy atom. The lowest BCUT2D eigenvalue weighted by Crippen LogP contribution is -2.31. The van der Waals surface area contributed by atoms with Crippen molar-refractivity contribution >= 4 is 33.6 Å². The third-order valence-corrected chi connectivity index (χ3v) is 4.42. The molecule has 0 unspecified atom stereocenters. The summed E-state index contributed by atoms with van der Waals surface area (Å²) in [5.41, 5.74) is 2.31. The van der Waals surface area contributed by atoms with Crippen LogP contribution in [0.1, 0.15) is 18.1 Å². The normalized spacial score (nSPS) is 12.3. The van der Waals surface area contributed by atoms with Gasteiger partial charge in [-0.15, -0.1) is 11.8 Å². The first-order chi connectivity index (χ1) is 8.40. The summed E-state index contributed by atoms with van der Waals surface area (Å²) < 4.78 is 1.09. The predicted octanol–water partition coefficient (Wildman–Crippen LogP) is 2.66. The van der Waals surface area contributed by atoms with Crippen molar-refractivity contribution in [3.63, 3.8) is 0 Å². The lowest BCUT2D eigenvalue weighted by molar-refractivity contribution is -0.118. The first kappa shape index (κ1) is 15.5. The third-order valence-electron chi connectivity index (χ3n) is 2.41. The van der Waals surface area contributed by atoms with E-state index in [1.165, 1.54) is 11.8 Å². The molecule has 2 N–H and O–H groups in total. The van der Waals surface area contributed by atoms with E-state index in [9.17, 15) is 4.79 Å². The van der Waals surface area contributed by atoms with Gasteiger partial charge in [0.2, 0.25) is 5.91 Å². The van der Waals surface area contributed by atoms with E-state index in [4.69, 9.17) is 5.11 Å². The highest BCUT2D eigenvalue weighted by molar-refractivity contribution is 9.10. The number of aryl methyl sites for hydroxylation is 2. The van der Waals surface area contributed by atoms with Gasteiger partial charge in [0.25, 0.3) is 0 Å². The van der Waals surface area contributed by atoms with Crippen molar-refractivity contribution < 1.29 is 9.90 Å². The van der Waals surface area contributed by atoms with Crippen molar-refractivity contribution in [2.75, 3.05) is 12.3 Å². The number of carbonyl (C=O) groups is 1. The molecule has 3 nitrogen and oxygen atoms in total. The van der Waals surface area contributed by atoms with Gasteiger partial charge in [-0.1, -0.05) is 15.9 Å². The van der Waals surface area contributed by atoms with Gasteiger partial charge in [0.15, 0.2) is 0 Å². The largest absolute Gasteiger partial charge is 0.392 e. The zero-order valence-electron chi connectivity index (χ0n) is 10.8. The lowest BCUT2D eigenvalue weighted by Gasteiger charge is -2.10. The van der Waals surface area contributed by atoms with Crippen LogP contribution < -0.4 is 5.32 Å². The quantitative estimate of drug-likeness (QED) is 0.815. The van der Waals surface area contributed by atoms with E-state index < -0.39 is 6.10 Å². The first-order valence-corrected chi connectivity index (χ1v) is 7.52. The highest BCUT2D eigenvalue weighted by Crippen LogP contribution is 2.28. The summed E-state index contributed by atoms with van der Waals surface area (Å²) in [4.78, 5) is 12.6. The number of amides is 1. The maximum Gasteiger partial charge on any atom is 0.230 e. The van der Waals surface area contributed by atoms with E-state index in [1.807, 2.05) is 13.8 Å². The first-order valence-electron chi connectivity index (χ1n) is 5.74. The van der Waals surface area contributed by atoms with Gasteiger partial charge in [0.05, 0.1) is 11.9 Å². The molecule has 0 saturated carbocycles. The van der Waals surface area contributed by atoms with Gasteiger partial charge in [0.1, 0.15) is 0 Å². The predicted molar refractivity (Wildman–Crippen MR) is 79.0 cm³/mol. The number of aliphatic hydroxyl groups excluding tert-OH is 1. The Morgan fingerprint density at radius 1 is 1.44 bits per heavy atom. The summed E-state index contributed by atoms with van der Waals surface area (Å²) in [7, 11) is 0. The summed E-state index contributed by atoms with van der Waals surface area (Å²) in [5.74, 6) is 0.315. The summed E-state index contributed by atoms with van der Waals surface area (Å²) >= 11 is 5.00. The fraction of sp³-hybridized carbons (Fsp3) is 0.462. The summed E-state index contributed by atoms with van der Waals surface area (Å²) in [6.07, 6.45) is -0.504. The minimum Gasteiger partial charge on any atom is -0.392 e. The topological polar surface area (TPSA) is 49.3 Å². The number of thioether (sulfide) groups is 1. The van der Waals surface area contributed by atoms with Gasteiger partial charge < -0.3 is 10.4 Å². The number of halogens is 1. The molecule has 1 atom stereocenters. The minimum absolute atomic E-state index is 0.0547. The van der Waals surface area contributed by atoms with Crippen LogP contribution in [0.25, 0.3) is 0 Å². The van der Waals surface area contributed by atoms with Crippen LogP contribution in [0.3, 0.4) is 0 Å². The van der Waals surface area contributed by atoms with Crippen LogP contribution in [0, 0.1) is 13.8 Å². The number of hydrogen-bond acceptors (Lipinski definition) is 3. The van der Waals surface area contributed by atoms with Crippen molar-refractivity contribution in [1.29, 1.82) is 0 Å². The average molecular weight is 332 g/mol. The van der Waals surface area contributed by atoms with Gasteiger partial charge in [-0.3, -0.25) is 4.79 Å². The Labute approximate surface area is 120 Å². The maximum atomic E-state index is 11.5. The summed E-state index contributed by atoms with van der Waals surface area (Å²) in [6, 6.07) is 4.14. The molecule has 0 bridgehead atoms. The Bertz CT molecular complexity index is 435. The lowest BCUT2D eigenvalue weighted by atomic mass is 10.2. The van der Waals surface area contributed by atoms with Crippen molar-refractivity contribution in [3.8, 4) is 0 Å². The molecule has 0 aliphatic carbocycles. The van der Waals surface area contributed by atoms with E-state index in [-0.39, 0.29) is 5.91 Å². The van der Waals surface area contributed by atoms with Crippen LogP contribution in [0.4, 0.5) is 0 Å². The molecular weight excluding hydrogens is 314 g/mol. The van der Waals surface area contributed by atoms with Gasteiger partial charge >= 0.3 is 0 Å². The molecule has 1 aromatic rings. The number of carbonyl (C=O) groups excluding carboxylic acids is 1. The van der Waals surface area contributed by atoms with Crippen molar-refractivity contribution in [2.24, 2.45) is 0 Å². The van der Waals surface area contributed by atoms with Crippen LogP contribution >= 0.6 is 27.7 Å². The highest BCUT2D eigenvalue weighted by atomic mass is 79.9. The van der Waals surface area contributed by atoms with Crippen LogP contribution in [0.2, 0.25) is 0 Å². The standard InChI is InChI=1S/C13H18BrNO2S/c1-8-5-12(9(2)4-11(8)14)18-7-13(17)15-6-10(3)16/h4-5,10,16H,6-7H2,1-3H3,(H,15,17)/t10-/m0/s1. The fourth-order valence-corrected chi connectivity index (χ4v) is 2.76. The van der Waals surface area contributed by atoms with Crippen LogP contribution in [-0.2, 0) is 4.79 Å². The molecule has 0 aromatic heterocycles. The Balaban J connectivity index is 2.53. The van der Waals surface area contributed by atoms with E-state index in [0.717, 1.165) is 20.5 Å². The molecule has 1 rings (SSSR count).